The molecular weight excluding hydrogens is 287 g/mol. The number of hydrogen-bond donors (Lipinski definition) is 1. The Hall–Kier alpha value is -1.46. The highest BCUT2D eigenvalue weighted by Gasteiger charge is 2.20. The summed E-state index contributed by atoms with van der Waals surface area (Å²) in [6, 6.07) is 5.78. The molecule has 5 heteroatoms. The number of halogens is 1. The van der Waals surface area contributed by atoms with Crippen molar-refractivity contribution in [2.45, 2.75) is 45.9 Å². The molecule has 1 aliphatic rings. The Labute approximate surface area is 128 Å². The summed E-state index contributed by atoms with van der Waals surface area (Å²) < 4.78 is 19.5. The van der Waals surface area contributed by atoms with E-state index in [4.69, 9.17) is 4.74 Å². The Bertz CT molecular complexity index is 618. The van der Waals surface area contributed by atoms with Crippen LogP contribution in [0, 0.1) is 19.7 Å². The standard InChI is InChI=1S/C16H19FN2OS/c1-10-11(2)21-16(19-10)9-20-15-6-3-12(7-14(15)17)8-18-13-4-5-13/h3,6-7,13,18H,4-5,8-9H2,1-2H3. The van der Waals surface area contributed by atoms with Gasteiger partial charge in [0.1, 0.15) is 11.6 Å². The van der Waals surface area contributed by atoms with Gasteiger partial charge in [-0.3, -0.25) is 0 Å². The van der Waals surface area contributed by atoms with Gasteiger partial charge in [-0.05, 0) is 44.4 Å². The first-order chi connectivity index (χ1) is 10.1. The van der Waals surface area contributed by atoms with Crippen molar-refractivity contribution in [2.75, 3.05) is 0 Å². The molecule has 1 aromatic carbocycles. The number of benzene rings is 1. The number of ether oxygens (including phenoxy) is 1. The van der Waals surface area contributed by atoms with Crippen LogP contribution in [0.25, 0.3) is 0 Å². The maximum absolute atomic E-state index is 14.0. The van der Waals surface area contributed by atoms with E-state index in [-0.39, 0.29) is 11.6 Å². The zero-order valence-electron chi connectivity index (χ0n) is 12.3. The average molecular weight is 306 g/mol. The van der Waals surface area contributed by atoms with Gasteiger partial charge in [-0.2, -0.15) is 0 Å². The van der Waals surface area contributed by atoms with Crippen LogP contribution in [0.5, 0.6) is 5.75 Å². The van der Waals surface area contributed by atoms with Crippen molar-refractivity contribution in [3.05, 3.63) is 45.2 Å². The Morgan fingerprint density at radius 2 is 2.19 bits per heavy atom. The zero-order chi connectivity index (χ0) is 14.8. The van der Waals surface area contributed by atoms with Crippen LogP contribution in [0.3, 0.4) is 0 Å². The van der Waals surface area contributed by atoms with Gasteiger partial charge in [-0.15, -0.1) is 11.3 Å². The van der Waals surface area contributed by atoms with Gasteiger partial charge in [0.15, 0.2) is 11.6 Å². The molecule has 1 aliphatic carbocycles. The monoisotopic (exact) mass is 306 g/mol. The minimum atomic E-state index is -0.310. The smallest absolute Gasteiger partial charge is 0.165 e. The molecule has 112 valence electrons. The summed E-state index contributed by atoms with van der Waals surface area (Å²) in [6.45, 7) is 5.03. The summed E-state index contributed by atoms with van der Waals surface area (Å²) in [7, 11) is 0. The summed E-state index contributed by atoms with van der Waals surface area (Å²) in [4.78, 5) is 5.57. The summed E-state index contributed by atoms with van der Waals surface area (Å²) >= 11 is 1.59. The van der Waals surface area contributed by atoms with Crippen LogP contribution in [0.4, 0.5) is 4.39 Å². The third-order valence-corrected chi connectivity index (χ3v) is 4.64. The summed E-state index contributed by atoms with van der Waals surface area (Å²) in [6.07, 6.45) is 2.46. The van der Waals surface area contributed by atoms with Gasteiger partial charge in [0.2, 0.25) is 0 Å². The number of thiazole rings is 1. The Kier molecular flexibility index (Phi) is 4.22. The molecule has 1 saturated carbocycles. The fourth-order valence-corrected chi connectivity index (χ4v) is 2.91. The van der Waals surface area contributed by atoms with Gasteiger partial charge in [0, 0.05) is 17.5 Å². The molecule has 0 spiro atoms. The Morgan fingerprint density at radius 3 is 2.81 bits per heavy atom. The minimum absolute atomic E-state index is 0.288. The lowest BCUT2D eigenvalue weighted by Crippen LogP contribution is -2.15. The van der Waals surface area contributed by atoms with Gasteiger partial charge in [-0.1, -0.05) is 6.07 Å². The SMILES string of the molecule is Cc1nc(COc2ccc(CNC3CC3)cc2F)sc1C. The van der Waals surface area contributed by atoms with Crippen LogP contribution in [-0.4, -0.2) is 11.0 Å². The minimum Gasteiger partial charge on any atom is -0.483 e. The summed E-state index contributed by atoms with van der Waals surface area (Å²) in [5.74, 6) is -0.0224. The first kappa shape index (κ1) is 14.5. The molecule has 1 N–H and O–H groups in total. The van der Waals surface area contributed by atoms with Gasteiger partial charge in [-0.25, -0.2) is 9.37 Å². The fourth-order valence-electron chi connectivity index (χ4n) is 2.06. The van der Waals surface area contributed by atoms with Crippen molar-refractivity contribution in [3.63, 3.8) is 0 Å². The van der Waals surface area contributed by atoms with Gasteiger partial charge in [0.25, 0.3) is 0 Å². The maximum atomic E-state index is 14.0. The third kappa shape index (κ3) is 3.80. The first-order valence-electron chi connectivity index (χ1n) is 7.19. The average Bonchev–Trinajstić information content (AvgIpc) is 3.22. The molecule has 3 rings (SSSR count). The molecule has 0 saturated heterocycles. The van der Waals surface area contributed by atoms with Crippen LogP contribution < -0.4 is 10.1 Å². The van der Waals surface area contributed by atoms with Gasteiger partial charge >= 0.3 is 0 Å². The first-order valence-corrected chi connectivity index (χ1v) is 8.01. The van der Waals surface area contributed by atoms with E-state index in [1.54, 1.807) is 23.5 Å². The molecule has 0 unspecified atom stereocenters. The van der Waals surface area contributed by atoms with Crippen molar-refractivity contribution in [1.29, 1.82) is 0 Å². The molecule has 3 nitrogen and oxygen atoms in total. The Morgan fingerprint density at radius 1 is 1.38 bits per heavy atom. The lowest BCUT2D eigenvalue weighted by Gasteiger charge is -2.08. The van der Waals surface area contributed by atoms with Crippen molar-refractivity contribution >= 4 is 11.3 Å². The van der Waals surface area contributed by atoms with Crippen LogP contribution in [0.15, 0.2) is 18.2 Å². The number of hydrogen-bond acceptors (Lipinski definition) is 4. The molecule has 1 heterocycles. The second kappa shape index (κ2) is 6.12. The molecule has 0 bridgehead atoms. The molecule has 1 fully saturated rings. The van der Waals surface area contributed by atoms with Crippen molar-refractivity contribution < 1.29 is 9.13 Å². The molecule has 0 radical (unpaired) electrons. The van der Waals surface area contributed by atoms with E-state index < -0.39 is 0 Å². The lowest BCUT2D eigenvalue weighted by molar-refractivity contribution is 0.289. The normalized spacial score (nSPS) is 14.4. The van der Waals surface area contributed by atoms with Crippen molar-refractivity contribution in [1.82, 2.24) is 10.3 Å². The zero-order valence-corrected chi connectivity index (χ0v) is 13.1. The second-order valence-electron chi connectivity index (χ2n) is 5.46. The van der Waals surface area contributed by atoms with E-state index >= 15 is 0 Å². The van der Waals surface area contributed by atoms with E-state index in [9.17, 15) is 4.39 Å². The van der Waals surface area contributed by atoms with Gasteiger partial charge in [0.05, 0.1) is 5.69 Å². The predicted octanol–water partition coefficient (Wildman–Crippen LogP) is 3.73. The summed E-state index contributed by atoms with van der Waals surface area (Å²) in [5.41, 5.74) is 1.97. The number of nitrogens with one attached hydrogen (secondary N) is 1. The molecule has 2 aromatic rings. The van der Waals surface area contributed by atoms with E-state index in [1.165, 1.54) is 17.7 Å². The maximum Gasteiger partial charge on any atom is 0.165 e. The largest absolute Gasteiger partial charge is 0.483 e. The van der Waals surface area contributed by atoms with Gasteiger partial charge < -0.3 is 10.1 Å². The number of nitrogens with zero attached hydrogens (tertiary/aromatic N) is 1. The topological polar surface area (TPSA) is 34.1 Å². The van der Waals surface area contributed by atoms with Crippen LogP contribution in [0.1, 0.15) is 34.0 Å². The van der Waals surface area contributed by atoms with Crippen LogP contribution in [-0.2, 0) is 13.2 Å². The lowest BCUT2D eigenvalue weighted by atomic mass is 10.2. The number of rotatable bonds is 6. The van der Waals surface area contributed by atoms with Crippen molar-refractivity contribution in [2.24, 2.45) is 0 Å². The van der Waals surface area contributed by atoms with Crippen LogP contribution in [0.2, 0.25) is 0 Å². The van der Waals surface area contributed by atoms with E-state index in [0.29, 0.717) is 19.2 Å². The van der Waals surface area contributed by atoms with E-state index in [0.717, 1.165) is 16.3 Å². The Balaban J connectivity index is 1.59. The second-order valence-corrected chi connectivity index (χ2v) is 6.75. The van der Waals surface area contributed by atoms with E-state index in [1.807, 2.05) is 19.9 Å². The molecule has 0 amide bonds. The predicted molar refractivity (Wildman–Crippen MR) is 82.2 cm³/mol. The highest BCUT2D eigenvalue weighted by Crippen LogP contribution is 2.23. The fraction of sp³-hybridized carbons (Fsp3) is 0.438. The highest BCUT2D eigenvalue weighted by atomic mass is 32.1. The molecular formula is C16H19FN2OS. The molecule has 0 aliphatic heterocycles. The highest BCUT2D eigenvalue weighted by molar-refractivity contribution is 7.11. The number of aryl methyl sites for hydroxylation is 2. The molecule has 0 atom stereocenters. The van der Waals surface area contributed by atoms with E-state index in [2.05, 4.69) is 10.3 Å². The summed E-state index contributed by atoms with van der Waals surface area (Å²) in [5, 5.41) is 4.25. The molecule has 1 aromatic heterocycles. The quantitative estimate of drug-likeness (QED) is 0.883. The van der Waals surface area contributed by atoms with Crippen LogP contribution >= 0.6 is 11.3 Å². The third-order valence-electron chi connectivity index (χ3n) is 3.59. The van der Waals surface area contributed by atoms with Crippen molar-refractivity contribution in [3.8, 4) is 5.75 Å². The molecule has 21 heavy (non-hydrogen) atoms. The number of aromatic nitrogens is 1.